The van der Waals surface area contributed by atoms with Crippen LogP contribution in [0.1, 0.15) is 94.9 Å². The molecule has 0 bridgehead atoms. The zero-order chi connectivity index (χ0) is 16.8. The maximum Gasteiger partial charge on any atom is -0.0323 e. The Morgan fingerprint density at radius 3 is 1.67 bits per heavy atom. The summed E-state index contributed by atoms with van der Waals surface area (Å²) in [6, 6.07) is 0. The molecule has 0 spiro atoms. The minimum absolute atomic E-state index is 0.458. The van der Waals surface area contributed by atoms with E-state index in [1.165, 1.54) is 25.7 Å². The Morgan fingerprint density at radius 2 is 1.24 bits per heavy atom. The van der Waals surface area contributed by atoms with E-state index in [1.54, 1.807) is 0 Å². The number of hydrogen-bond donors (Lipinski definition) is 0. The van der Waals surface area contributed by atoms with Gasteiger partial charge in [-0.2, -0.15) is 0 Å². The summed E-state index contributed by atoms with van der Waals surface area (Å²) in [4.78, 5) is 0. The summed E-state index contributed by atoms with van der Waals surface area (Å²) < 4.78 is 0. The molecule has 0 nitrogen and oxygen atoms in total. The third kappa shape index (κ3) is 7.71. The van der Waals surface area contributed by atoms with Gasteiger partial charge in [-0.25, -0.2) is 0 Å². The molecule has 0 fully saturated rings. The minimum Gasteiger partial charge on any atom is -0.0628 e. The number of rotatable bonds is 10. The van der Waals surface area contributed by atoms with Gasteiger partial charge in [-0.1, -0.05) is 88.5 Å². The predicted octanol–water partition coefficient (Wildman–Crippen LogP) is 7.43. The molecular weight excluding hydrogens is 252 g/mol. The molecule has 21 heavy (non-hydrogen) atoms. The first-order valence-electron chi connectivity index (χ1n) is 9.49. The van der Waals surface area contributed by atoms with Crippen LogP contribution in [0.5, 0.6) is 0 Å². The quantitative estimate of drug-likeness (QED) is 0.393. The molecule has 0 aliphatic heterocycles. The van der Waals surface area contributed by atoms with Gasteiger partial charge in [0.25, 0.3) is 0 Å². The standard InChI is InChI=1S/C21H44/c1-15(2)12-11-13-17(5)19(7)18(6)14-21(9,10)20(8)16(3)4/h15-20H,11-14H2,1-10H3. The van der Waals surface area contributed by atoms with Crippen LogP contribution in [-0.2, 0) is 0 Å². The molecule has 0 aliphatic rings. The fourth-order valence-electron chi connectivity index (χ4n) is 3.78. The average molecular weight is 297 g/mol. The van der Waals surface area contributed by atoms with Gasteiger partial charge < -0.3 is 0 Å². The van der Waals surface area contributed by atoms with Crippen molar-refractivity contribution in [3.05, 3.63) is 0 Å². The third-order valence-electron chi connectivity index (χ3n) is 6.32. The summed E-state index contributed by atoms with van der Waals surface area (Å²) in [5.41, 5.74) is 0.458. The van der Waals surface area contributed by atoms with Gasteiger partial charge in [-0.15, -0.1) is 0 Å². The van der Waals surface area contributed by atoms with Crippen molar-refractivity contribution in [3.8, 4) is 0 Å². The van der Waals surface area contributed by atoms with E-state index in [2.05, 4.69) is 69.2 Å². The van der Waals surface area contributed by atoms with Crippen molar-refractivity contribution in [2.75, 3.05) is 0 Å². The van der Waals surface area contributed by atoms with Crippen LogP contribution in [0.15, 0.2) is 0 Å². The Bertz CT molecular complexity index is 261. The first kappa shape index (κ1) is 21.0. The Kier molecular flexibility index (Phi) is 9.21. The van der Waals surface area contributed by atoms with Crippen molar-refractivity contribution >= 4 is 0 Å². The predicted molar refractivity (Wildman–Crippen MR) is 98.6 cm³/mol. The summed E-state index contributed by atoms with van der Waals surface area (Å²) in [6.07, 6.45) is 5.56. The second-order valence-electron chi connectivity index (χ2n) is 9.36. The maximum atomic E-state index is 2.49. The van der Waals surface area contributed by atoms with Crippen LogP contribution >= 0.6 is 0 Å². The molecule has 0 aliphatic carbocycles. The van der Waals surface area contributed by atoms with Gasteiger partial charge in [0.05, 0.1) is 0 Å². The summed E-state index contributed by atoms with van der Waals surface area (Å²) in [5, 5.41) is 0. The van der Waals surface area contributed by atoms with Crippen LogP contribution in [0.25, 0.3) is 0 Å². The lowest BCUT2D eigenvalue weighted by Crippen LogP contribution is -2.30. The Labute approximate surface area is 136 Å². The lowest BCUT2D eigenvalue weighted by Gasteiger charge is -2.39. The zero-order valence-corrected chi connectivity index (χ0v) is 16.8. The highest BCUT2D eigenvalue weighted by molar-refractivity contribution is 4.82. The van der Waals surface area contributed by atoms with Crippen LogP contribution in [0.3, 0.4) is 0 Å². The number of hydrogen-bond acceptors (Lipinski definition) is 0. The fourth-order valence-corrected chi connectivity index (χ4v) is 3.78. The highest BCUT2D eigenvalue weighted by atomic mass is 14.4. The molecule has 0 heteroatoms. The first-order valence-corrected chi connectivity index (χ1v) is 9.49. The second kappa shape index (κ2) is 9.21. The molecule has 128 valence electrons. The third-order valence-corrected chi connectivity index (χ3v) is 6.32. The van der Waals surface area contributed by atoms with Crippen LogP contribution in [0, 0.1) is 40.9 Å². The molecule has 4 unspecified atom stereocenters. The molecule has 0 aromatic heterocycles. The van der Waals surface area contributed by atoms with E-state index >= 15 is 0 Å². The Balaban J connectivity index is 4.39. The van der Waals surface area contributed by atoms with Crippen molar-refractivity contribution in [1.29, 1.82) is 0 Å². The molecule has 0 rings (SSSR count). The Hall–Kier alpha value is 0. The van der Waals surface area contributed by atoms with E-state index in [0.717, 1.165) is 35.5 Å². The Morgan fingerprint density at radius 1 is 0.714 bits per heavy atom. The summed E-state index contributed by atoms with van der Waals surface area (Å²) in [5.74, 6) is 4.97. The van der Waals surface area contributed by atoms with Crippen molar-refractivity contribution in [1.82, 2.24) is 0 Å². The molecule has 0 saturated carbocycles. The van der Waals surface area contributed by atoms with E-state index in [0.29, 0.717) is 5.41 Å². The van der Waals surface area contributed by atoms with Crippen LogP contribution < -0.4 is 0 Å². The van der Waals surface area contributed by atoms with E-state index in [4.69, 9.17) is 0 Å². The van der Waals surface area contributed by atoms with Crippen molar-refractivity contribution < 1.29 is 0 Å². The second-order valence-corrected chi connectivity index (χ2v) is 9.36. The molecule has 4 atom stereocenters. The molecular formula is C21H44. The van der Waals surface area contributed by atoms with Crippen molar-refractivity contribution in [2.24, 2.45) is 40.9 Å². The lowest BCUT2D eigenvalue weighted by atomic mass is 9.66. The highest BCUT2D eigenvalue weighted by Crippen LogP contribution is 2.41. The molecule has 0 aromatic carbocycles. The van der Waals surface area contributed by atoms with Gasteiger partial charge in [0.15, 0.2) is 0 Å². The normalized spacial score (nSPS) is 18.9. The van der Waals surface area contributed by atoms with Gasteiger partial charge in [-0.05, 0) is 47.3 Å². The molecule has 0 saturated heterocycles. The molecule has 0 N–H and O–H groups in total. The van der Waals surface area contributed by atoms with Crippen molar-refractivity contribution in [3.63, 3.8) is 0 Å². The van der Waals surface area contributed by atoms with Crippen LogP contribution in [0.2, 0.25) is 0 Å². The maximum absolute atomic E-state index is 2.49. The molecule has 0 amide bonds. The zero-order valence-electron chi connectivity index (χ0n) is 16.8. The highest BCUT2D eigenvalue weighted by Gasteiger charge is 2.32. The SMILES string of the molecule is CC(C)CCCC(C)C(C)C(C)CC(C)(C)C(C)C(C)C. The average Bonchev–Trinajstić information content (AvgIpc) is 2.35. The monoisotopic (exact) mass is 296 g/mol. The van der Waals surface area contributed by atoms with Crippen LogP contribution in [0.4, 0.5) is 0 Å². The fraction of sp³-hybridized carbons (Fsp3) is 1.00. The molecule has 0 radical (unpaired) electrons. The lowest BCUT2D eigenvalue weighted by molar-refractivity contribution is 0.107. The van der Waals surface area contributed by atoms with Crippen LogP contribution in [-0.4, -0.2) is 0 Å². The van der Waals surface area contributed by atoms with Gasteiger partial charge in [0, 0.05) is 0 Å². The van der Waals surface area contributed by atoms with E-state index in [1.807, 2.05) is 0 Å². The van der Waals surface area contributed by atoms with Gasteiger partial charge in [0.1, 0.15) is 0 Å². The van der Waals surface area contributed by atoms with E-state index < -0.39 is 0 Å². The van der Waals surface area contributed by atoms with E-state index in [-0.39, 0.29) is 0 Å². The van der Waals surface area contributed by atoms with Gasteiger partial charge >= 0.3 is 0 Å². The summed E-state index contributed by atoms with van der Waals surface area (Å²) >= 11 is 0. The van der Waals surface area contributed by atoms with E-state index in [9.17, 15) is 0 Å². The molecule has 0 aromatic rings. The largest absolute Gasteiger partial charge is 0.0628 e. The van der Waals surface area contributed by atoms with Gasteiger partial charge in [-0.3, -0.25) is 0 Å². The topological polar surface area (TPSA) is 0 Å². The smallest absolute Gasteiger partial charge is 0.0323 e. The van der Waals surface area contributed by atoms with Crippen molar-refractivity contribution in [2.45, 2.75) is 94.9 Å². The molecule has 0 heterocycles. The summed E-state index contributed by atoms with van der Waals surface area (Å²) in [7, 11) is 0. The minimum atomic E-state index is 0.458. The first-order chi connectivity index (χ1) is 9.49. The summed E-state index contributed by atoms with van der Waals surface area (Å²) in [6.45, 7) is 24.3. The van der Waals surface area contributed by atoms with Gasteiger partial charge in [0.2, 0.25) is 0 Å².